The van der Waals surface area contributed by atoms with Crippen molar-refractivity contribution in [2.24, 2.45) is 5.92 Å². The number of hydrogen-bond donors (Lipinski definition) is 1. The molecule has 0 radical (unpaired) electrons. The summed E-state index contributed by atoms with van der Waals surface area (Å²) in [5, 5.41) is 2.77. The maximum atomic E-state index is 12.8. The van der Waals surface area contributed by atoms with Gasteiger partial charge < -0.3 is 10.2 Å². The number of carbonyl (C=O) groups is 1. The average molecular weight is 366 g/mol. The van der Waals surface area contributed by atoms with Gasteiger partial charge in [0.2, 0.25) is 15.9 Å². The minimum atomic E-state index is -3.28. The first-order chi connectivity index (χ1) is 10.6. The van der Waals surface area contributed by atoms with Gasteiger partial charge >= 0.3 is 0 Å². The summed E-state index contributed by atoms with van der Waals surface area (Å²) in [6.07, 6.45) is 5.70. The molecule has 1 atom stereocenters. The maximum Gasteiger partial charge on any atom is 0.225 e. The molecule has 3 fully saturated rings. The first-order valence-corrected chi connectivity index (χ1v) is 10.1. The number of sulfonamides is 1. The second-order valence-electron chi connectivity index (χ2n) is 6.72. The lowest BCUT2D eigenvalue weighted by molar-refractivity contribution is -0.136. The van der Waals surface area contributed by atoms with Crippen LogP contribution in [0.5, 0.6) is 0 Å². The summed E-state index contributed by atoms with van der Waals surface area (Å²) in [4.78, 5) is 14.4. The van der Waals surface area contributed by atoms with Crippen LogP contribution in [0.25, 0.3) is 0 Å². The van der Waals surface area contributed by atoms with Crippen molar-refractivity contribution in [1.29, 1.82) is 0 Å². The molecule has 1 N–H and O–H groups in total. The van der Waals surface area contributed by atoms with E-state index in [0.717, 1.165) is 51.7 Å². The van der Waals surface area contributed by atoms with E-state index < -0.39 is 15.3 Å². The molecule has 1 amide bonds. The monoisotopic (exact) mass is 365 g/mol. The van der Waals surface area contributed by atoms with E-state index in [1.165, 1.54) is 0 Å². The number of nitrogens with one attached hydrogen (secondary N) is 1. The maximum absolute atomic E-state index is 12.8. The minimum Gasteiger partial charge on any atom is -0.341 e. The van der Waals surface area contributed by atoms with Crippen molar-refractivity contribution < 1.29 is 13.2 Å². The molecule has 2 heterocycles. The topological polar surface area (TPSA) is 69.7 Å². The predicted octanol–water partition coefficient (Wildman–Crippen LogP) is 0.824. The molecule has 3 aliphatic rings. The molecular formula is C15H28ClN3O3S. The molecule has 134 valence electrons. The molecule has 23 heavy (non-hydrogen) atoms. The Bertz CT molecular complexity index is 502. The van der Waals surface area contributed by atoms with Crippen LogP contribution in [0.1, 0.15) is 38.5 Å². The second kappa shape index (κ2) is 8.14. The number of piperidine rings is 1. The number of halogens is 1. The van der Waals surface area contributed by atoms with E-state index in [2.05, 4.69) is 5.32 Å². The van der Waals surface area contributed by atoms with Crippen LogP contribution in [-0.4, -0.2) is 68.0 Å². The Morgan fingerprint density at radius 1 is 0.957 bits per heavy atom. The van der Waals surface area contributed by atoms with Gasteiger partial charge in [-0.2, -0.15) is 4.31 Å². The van der Waals surface area contributed by atoms with Gasteiger partial charge in [-0.3, -0.25) is 4.79 Å². The smallest absolute Gasteiger partial charge is 0.225 e. The predicted molar refractivity (Wildman–Crippen MR) is 92.2 cm³/mol. The van der Waals surface area contributed by atoms with Gasteiger partial charge in [0.15, 0.2) is 0 Å². The molecule has 1 saturated carbocycles. The van der Waals surface area contributed by atoms with Crippen molar-refractivity contribution in [2.45, 2.75) is 43.8 Å². The van der Waals surface area contributed by atoms with Crippen LogP contribution in [0.3, 0.4) is 0 Å². The zero-order valence-electron chi connectivity index (χ0n) is 13.6. The second-order valence-corrected chi connectivity index (χ2v) is 8.94. The van der Waals surface area contributed by atoms with Crippen LogP contribution >= 0.6 is 12.4 Å². The Morgan fingerprint density at radius 2 is 1.61 bits per heavy atom. The van der Waals surface area contributed by atoms with Crippen LogP contribution in [-0.2, 0) is 14.8 Å². The largest absolute Gasteiger partial charge is 0.341 e. The number of piperazine rings is 1. The SMILES string of the molecule is Cl.O=C(C1CCCC1)N1CCCC(S(=O)(=O)N2CCNCC2)C1. The Balaban J connectivity index is 0.00000192. The first kappa shape index (κ1) is 19.0. The Labute approximate surface area is 145 Å². The van der Waals surface area contributed by atoms with Crippen LogP contribution in [0.4, 0.5) is 0 Å². The Morgan fingerprint density at radius 3 is 2.26 bits per heavy atom. The lowest BCUT2D eigenvalue weighted by Crippen LogP contribution is -2.54. The lowest BCUT2D eigenvalue weighted by Gasteiger charge is -2.37. The molecule has 0 aromatic carbocycles. The van der Waals surface area contributed by atoms with Gasteiger partial charge in [0, 0.05) is 45.2 Å². The van der Waals surface area contributed by atoms with E-state index >= 15 is 0 Å². The molecule has 2 saturated heterocycles. The number of carbonyl (C=O) groups excluding carboxylic acids is 1. The van der Waals surface area contributed by atoms with Crippen molar-refractivity contribution in [3.63, 3.8) is 0 Å². The van der Waals surface area contributed by atoms with Gasteiger partial charge in [-0.25, -0.2) is 8.42 Å². The number of rotatable bonds is 3. The summed E-state index contributed by atoms with van der Waals surface area (Å²) in [7, 11) is -3.28. The molecule has 8 heteroatoms. The lowest BCUT2D eigenvalue weighted by atomic mass is 10.0. The van der Waals surface area contributed by atoms with Gasteiger partial charge in [-0.15, -0.1) is 12.4 Å². The van der Waals surface area contributed by atoms with Crippen LogP contribution in [0.2, 0.25) is 0 Å². The highest BCUT2D eigenvalue weighted by Crippen LogP contribution is 2.29. The Hall–Kier alpha value is -0.370. The van der Waals surface area contributed by atoms with Crippen LogP contribution in [0.15, 0.2) is 0 Å². The molecule has 2 aliphatic heterocycles. The molecular weight excluding hydrogens is 338 g/mol. The molecule has 3 rings (SSSR count). The van der Waals surface area contributed by atoms with Gasteiger partial charge in [0.1, 0.15) is 0 Å². The van der Waals surface area contributed by atoms with Crippen LogP contribution in [0, 0.1) is 5.92 Å². The van der Waals surface area contributed by atoms with Gasteiger partial charge in [-0.05, 0) is 25.7 Å². The first-order valence-electron chi connectivity index (χ1n) is 8.57. The van der Waals surface area contributed by atoms with Crippen molar-refractivity contribution >= 4 is 28.3 Å². The van der Waals surface area contributed by atoms with Gasteiger partial charge in [0.25, 0.3) is 0 Å². The summed E-state index contributed by atoms with van der Waals surface area (Å²) in [5.74, 6) is 0.332. The Kier molecular flexibility index (Phi) is 6.71. The van der Waals surface area contributed by atoms with Gasteiger partial charge in [-0.1, -0.05) is 12.8 Å². The fourth-order valence-corrected chi connectivity index (χ4v) is 5.87. The molecule has 6 nitrogen and oxygen atoms in total. The fourth-order valence-electron chi connectivity index (χ4n) is 3.92. The zero-order valence-corrected chi connectivity index (χ0v) is 15.2. The highest BCUT2D eigenvalue weighted by atomic mass is 35.5. The number of nitrogens with zero attached hydrogens (tertiary/aromatic N) is 2. The van der Waals surface area contributed by atoms with E-state index in [1.54, 1.807) is 4.31 Å². The number of hydrogen-bond acceptors (Lipinski definition) is 4. The third-order valence-electron chi connectivity index (χ3n) is 5.25. The van der Waals surface area contributed by atoms with Crippen molar-refractivity contribution in [2.75, 3.05) is 39.3 Å². The zero-order chi connectivity index (χ0) is 15.6. The quantitative estimate of drug-likeness (QED) is 0.804. The molecule has 1 aliphatic carbocycles. The minimum absolute atomic E-state index is 0. The fraction of sp³-hybridized carbons (Fsp3) is 0.933. The van der Waals surface area contributed by atoms with Gasteiger partial charge in [0.05, 0.1) is 5.25 Å². The molecule has 0 aromatic heterocycles. The highest BCUT2D eigenvalue weighted by Gasteiger charge is 2.38. The number of likely N-dealkylation sites (tertiary alicyclic amines) is 1. The van der Waals surface area contributed by atoms with Crippen molar-refractivity contribution in [3.05, 3.63) is 0 Å². The standard InChI is InChI=1S/C15H27N3O3S.ClH/c19-15(13-4-1-2-5-13)17-9-3-6-14(12-17)22(20,21)18-10-7-16-8-11-18;/h13-14,16H,1-12H2;1H. The summed E-state index contributed by atoms with van der Waals surface area (Å²) < 4.78 is 27.2. The van der Waals surface area contributed by atoms with E-state index in [9.17, 15) is 13.2 Å². The summed E-state index contributed by atoms with van der Waals surface area (Å²) >= 11 is 0. The van der Waals surface area contributed by atoms with E-state index in [-0.39, 0.29) is 24.2 Å². The molecule has 0 bridgehead atoms. The molecule has 1 unspecified atom stereocenters. The third-order valence-corrected chi connectivity index (χ3v) is 7.56. The summed E-state index contributed by atoms with van der Waals surface area (Å²) in [6, 6.07) is 0. The average Bonchev–Trinajstić information content (AvgIpc) is 3.09. The van der Waals surface area contributed by atoms with E-state index in [1.807, 2.05) is 4.90 Å². The van der Waals surface area contributed by atoms with Crippen molar-refractivity contribution in [1.82, 2.24) is 14.5 Å². The third kappa shape index (κ3) is 4.18. The molecule has 0 spiro atoms. The van der Waals surface area contributed by atoms with Crippen LogP contribution < -0.4 is 5.32 Å². The van der Waals surface area contributed by atoms with Crippen molar-refractivity contribution in [3.8, 4) is 0 Å². The number of amides is 1. The normalized spacial score (nSPS) is 27.7. The summed E-state index contributed by atoms with van der Waals surface area (Å²) in [5.41, 5.74) is 0. The van der Waals surface area contributed by atoms with E-state index in [0.29, 0.717) is 26.1 Å². The molecule has 0 aromatic rings. The summed E-state index contributed by atoms with van der Waals surface area (Å²) in [6.45, 7) is 3.66. The highest BCUT2D eigenvalue weighted by molar-refractivity contribution is 7.89. The van der Waals surface area contributed by atoms with E-state index in [4.69, 9.17) is 0 Å².